The van der Waals surface area contributed by atoms with Gasteiger partial charge in [-0.3, -0.25) is 14.9 Å². The zero-order valence-corrected chi connectivity index (χ0v) is 20.2. The number of anilines is 1. The van der Waals surface area contributed by atoms with Gasteiger partial charge in [0.2, 0.25) is 5.91 Å². The molecule has 0 aliphatic rings. The van der Waals surface area contributed by atoms with E-state index in [-0.39, 0.29) is 34.4 Å². The first-order valence-electron chi connectivity index (χ1n) is 10.0. The molecule has 33 heavy (non-hydrogen) atoms. The minimum atomic E-state index is -0.602. The number of nitrogens with zero attached hydrogens (tertiary/aromatic N) is 4. The lowest BCUT2D eigenvalue weighted by molar-refractivity contribution is -0.384. The third-order valence-electron chi connectivity index (χ3n) is 4.77. The van der Waals surface area contributed by atoms with Crippen LogP contribution in [0.25, 0.3) is 0 Å². The predicted molar refractivity (Wildman–Crippen MR) is 128 cm³/mol. The van der Waals surface area contributed by atoms with Crippen molar-refractivity contribution in [3.05, 3.63) is 69.0 Å². The lowest BCUT2D eigenvalue weighted by Gasteiger charge is -2.19. The van der Waals surface area contributed by atoms with E-state index in [0.29, 0.717) is 16.7 Å². The highest BCUT2D eigenvalue weighted by molar-refractivity contribution is 7.99. The van der Waals surface area contributed by atoms with Gasteiger partial charge in [0.05, 0.1) is 10.7 Å². The second-order valence-electron chi connectivity index (χ2n) is 8.28. The molecule has 3 aromatic rings. The molecule has 0 radical (unpaired) electrons. The summed E-state index contributed by atoms with van der Waals surface area (Å²) < 4.78 is 7.58. The van der Waals surface area contributed by atoms with Gasteiger partial charge in [-0.25, -0.2) is 0 Å². The van der Waals surface area contributed by atoms with Gasteiger partial charge < -0.3 is 14.6 Å². The van der Waals surface area contributed by atoms with Crippen LogP contribution in [-0.4, -0.2) is 31.3 Å². The molecule has 1 N–H and O–H groups in total. The number of aromatic nitrogens is 3. The molecule has 3 rings (SSSR count). The summed E-state index contributed by atoms with van der Waals surface area (Å²) >= 11 is 6.99. The molecule has 11 heteroatoms. The summed E-state index contributed by atoms with van der Waals surface area (Å²) in [5, 5.41) is 22.4. The predicted octanol–water partition coefficient (Wildman–Crippen LogP) is 4.98. The monoisotopic (exact) mass is 489 g/mol. The summed E-state index contributed by atoms with van der Waals surface area (Å²) in [6.45, 7) is 6.70. The van der Waals surface area contributed by atoms with Crippen molar-refractivity contribution < 1.29 is 14.5 Å². The van der Waals surface area contributed by atoms with Gasteiger partial charge in [0.25, 0.3) is 5.69 Å². The average molecular weight is 490 g/mol. The van der Waals surface area contributed by atoms with E-state index in [1.165, 1.54) is 35.5 Å². The molecule has 2 aromatic carbocycles. The highest BCUT2D eigenvalue weighted by atomic mass is 35.5. The lowest BCUT2D eigenvalue weighted by Crippen LogP contribution is -2.14. The molecule has 0 unspecified atom stereocenters. The van der Waals surface area contributed by atoms with E-state index in [2.05, 4.69) is 36.3 Å². The van der Waals surface area contributed by atoms with Gasteiger partial charge in [-0.2, -0.15) is 0 Å². The highest BCUT2D eigenvalue weighted by Gasteiger charge is 2.16. The Morgan fingerprint density at radius 2 is 1.91 bits per heavy atom. The molecule has 1 amide bonds. The van der Waals surface area contributed by atoms with Crippen molar-refractivity contribution >= 4 is 40.6 Å². The Labute approximate surface area is 200 Å². The molecule has 1 heterocycles. The van der Waals surface area contributed by atoms with E-state index in [9.17, 15) is 14.9 Å². The Morgan fingerprint density at radius 1 is 1.21 bits per heavy atom. The number of nitrogens with one attached hydrogen (secondary N) is 1. The number of nitro benzene ring substituents is 1. The third kappa shape index (κ3) is 6.45. The van der Waals surface area contributed by atoms with Crippen molar-refractivity contribution in [1.29, 1.82) is 0 Å². The number of ether oxygens (including phenoxy) is 1. The number of hydrogen-bond acceptors (Lipinski definition) is 7. The van der Waals surface area contributed by atoms with E-state index in [0.717, 1.165) is 5.75 Å². The maximum Gasteiger partial charge on any atom is 0.289 e. The highest BCUT2D eigenvalue weighted by Crippen LogP contribution is 2.28. The van der Waals surface area contributed by atoms with Gasteiger partial charge in [0.1, 0.15) is 17.4 Å². The number of benzene rings is 2. The number of amides is 1. The first-order chi connectivity index (χ1) is 15.5. The zero-order valence-electron chi connectivity index (χ0n) is 18.7. The van der Waals surface area contributed by atoms with Crippen molar-refractivity contribution in [2.45, 2.75) is 37.9 Å². The van der Waals surface area contributed by atoms with Gasteiger partial charge in [-0.15, -0.1) is 10.2 Å². The molecule has 1 aromatic heterocycles. The van der Waals surface area contributed by atoms with Crippen LogP contribution < -0.4 is 10.1 Å². The van der Waals surface area contributed by atoms with Crippen LogP contribution in [0.1, 0.15) is 32.2 Å². The van der Waals surface area contributed by atoms with Crippen molar-refractivity contribution in [3.8, 4) is 5.75 Å². The van der Waals surface area contributed by atoms with Crippen LogP contribution >= 0.6 is 23.4 Å². The zero-order chi connectivity index (χ0) is 24.2. The number of rotatable bonds is 8. The molecule has 0 fully saturated rings. The first kappa shape index (κ1) is 24.5. The van der Waals surface area contributed by atoms with E-state index < -0.39 is 4.92 Å². The standard InChI is InChI=1S/C22H24ClN5O4S/c1-22(2,3)14-5-8-16(9-6-14)32-12-19-25-26-21(27(19)4)33-13-20(29)24-15-7-10-17(23)18(11-15)28(30)31/h5-11H,12-13H2,1-4H3,(H,24,29). The Hall–Kier alpha value is -3.11. The summed E-state index contributed by atoms with van der Waals surface area (Å²) in [6, 6.07) is 12.0. The number of thioether (sulfide) groups is 1. The van der Waals surface area contributed by atoms with E-state index in [4.69, 9.17) is 16.3 Å². The number of carbonyl (C=O) groups excluding carboxylic acids is 1. The Balaban J connectivity index is 1.54. The average Bonchev–Trinajstić information content (AvgIpc) is 3.11. The second kappa shape index (κ2) is 10.2. The Kier molecular flexibility index (Phi) is 7.60. The fraction of sp³-hybridized carbons (Fsp3) is 0.318. The van der Waals surface area contributed by atoms with E-state index in [1.54, 1.807) is 11.6 Å². The molecule has 0 bridgehead atoms. The van der Waals surface area contributed by atoms with Gasteiger partial charge in [0.15, 0.2) is 11.0 Å². The molecule has 174 valence electrons. The number of carbonyl (C=O) groups is 1. The van der Waals surface area contributed by atoms with E-state index in [1.807, 2.05) is 24.3 Å². The van der Waals surface area contributed by atoms with Crippen LogP contribution in [0.4, 0.5) is 11.4 Å². The van der Waals surface area contributed by atoms with Crippen LogP contribution in [0.15, 0.2) is 47.6 Å². The smallest absolute Gasteiger partial charge is 0.289 e. The van der Waals surface area contributed by atoms with Crippen molar-refractivity contribution in [3.63, 3.8) is 0 Å². The van der Waals surface area contributed by atoms with Gasteiger partial charge >= 0.3 is 0 Å². The maximum atomic E-state index is 12.3. The SMILES string of the molecule is Cn1c(COc2ccc(C(C)(C)C)cc2)nnc1SCC(=O)Nc1ccc(Cl)c([N+](=O)[O-])c1. The summed E-state index contributed by atoms with van der Waals surface area (Å²) in [5.74, 6) is 1.07. The summed E-state index contributed by atoms with van der Waals surface area (Å²) in [4.78, 5) is 22.6. The van der Waals surface area contributed by atoms with Crippen LogP contribution in [0, 0.1) is 10.1 Å². The molecular weight excluding hydrogens is 466 g/mol. The molecule has 0 aliphatic heterocycles. The van der Waals surface area contributed by atoms with Crippen LogP contribution in [0.2, 0.25) is 5.02 Å². The fourth-order valence-electron chi connectivity index (χ4n) is 2.85. The van der Waals surface area contributed by atoms with Crippen molar-refractivity contribution in [2.24, 2.45) is 7.05 Å². The molecule has 0 saturated heterocycles. The molecule has 0 spiro atoms. The second-order valence-corrected chi connectivity index (χ2v) is 9.63. The molecule has 9 nitrogen and oxygen atoms in total. The Bertz CT molecular complexity index is 1160. The van der Waals surface area contributed by atoms with Crippen LogP contribution in [0.3, 0.4) is 0 Å². The minimum absolute atomic E-state index is 0.00588. The molecule has 0 saturated carbocycles. The maximum absolute atomic E-state index is 12.3. The largest absolute Gasteiger partial charge is 0.486 e. The van der Waals surface area contributed by atoms with E-state index >= 15 is 0 Å². The third-order valence-corrected chi connectivity index (χ3v) is 6.11. The summed E-state index contributed by atoms with van der Waals surface area (Å²) in [7, 11) is 1.80. The van der Waals surface area contributed by atoms with Crippen LogP contribution in [-0.2, 0) is 23.9 Å². The first-order valence-corrected chi connectivity index (χ1v) is 11.4. The summed E-state index contributed by atoms with van der Waals surface area (Å²) in [5.41, 5.74) is 1.32. The molecule has 0 aliphatic carbocycles. The summed E-state index contributed by atoms with van der Waals surface area (Å²) in [6.07, 6.45) is 0. The topological polar surface area (TPSA) is 112 Å². The minimum Gasteiger partial charge on any atom is -0.486 e. The van der Waals surface area contributed by atoms with Crippen molar-refractivity contribution in [2.75, 3.05) is 11.1 Å². The van der Waals surface area contributed by atoms with Gasteiger partial charge in [-0.1, -0.05) is 56.3 Å². The lowest BCUT2D eigenvalue weighted by atomic mass is 9.87. The van der Waals surface area contributed by atoms with Crippen LogP contribution in [0.5, 0.6) is 5.75 Å². The van der Waals surface area contributed by atoms with Gasteiger partial charge in [-0.05, 0) is 35.2 Å². The molecule has 0 atom stereocenters. The van der Waals surface area contributed by atoms with Crippen molar-refractivity contribution in [1.82, 2.24) is 14.8 Å². The Morgan fingerprint density at radius 3 is 2.55 bits per heavy atom. The number of nitro groups is 1. The molecular formula is C22H24ClN5O4S. The number of hydrogen-bond donors (Lipinski definition) is 1. The normalized spacial score (nSPS) is 11.3. The quantitative estimate of drug-likeness (QED) is 0.269. The van der Waals surface area contributed by atoms with Gasteiger partial charge in [0, 0.05) is 18.8 Å². The number of halogens is 1. The fourth-order valence-corrected chi connectivity index (χ4v) is 3.77.